The van der Waals surface area contributed by atoms with Gasteiger partial charge in [0.05, 0.1) is 30.3 Å². The van der Waals surface area contributed by atoms with Gasteiger partial charge in [0.2, 0.25) is 0 Å². The molecule has 0 spiro atoms. The van der Waals surface area contributed by atoms with E-state index in [0.717, 1.165) is 28.2 Å². The zero-order valence-electron chi connectivity index (χ0n) is 12.4. The lowest BCUT2D eigenvalue weighted by Crippen LogP contribution is -2.05. The van der Waals surface area contributed by atoms with E-state index in [2.05, 4.69) is 45.3 Å². The lowest BCUT2D eigenvalue weighted by Gasteiger charge is -2.08. The Kier molecular flexibility index (Phi) is 3.51. The Bertz CT molecular complexity index is 762. The number of nitrogens with one attached hydrogen (secondary N) is 1. The van der Waals surface area contributed by atoms with E-state index >= 15 is 0 Å². The summed E-state index contributed by atoms with van der Waals surface area (Å²) in [6, 6.07) is 4.27. The predicted octanol–water partition coefficient (Wildman–Crippen LogP) is 2.72. The summed E-state index contributed by atoms with van der Waals surface area (Å²) in [6.07, 6.45) is 5.45. The van der Waals surface area contributed by atoms with E-state index in [1.54, 1.807) is 6.20 Å². The summed E-state index contributed by atoms with van der Waals surface area (Å²) in [7, 11) is 0. The van der Waals surface area contributed by atoms with Gasteiger partial charge in [0.15, 0.2) is 5.65 Å². The summed E-state index contributed by atoms with van der Waals surface area (Å²) in [5, 5.41) is 8.74. The van der Waals surface area contributed by atoms with Crippen molar-refractivity contribution in [1.82, 2.24) is 24.7 Å². The minimum absolute atomic E-state index is 0.304. The molecule has 0 radical (unpaired) electrons. The fourth-order valence-corrected chi connectivity index (χ4v) is 2.21. The van der Waals surface area contributed by atoms with E-state index in [1.165, 1.54) is 0 Å². The fraction of sp³-hybridized carbons (Fsp3) is 0.333. The zero-order chi connectivity index (χ0) is 14.8. The molecule has 6 heteroatoms. The average Bonchev–Trinajstić information content (AvgIpc) is 2.88. The highest BCUT2D eigenvalue weighted by atomic mass is 15.3. The molecule has 3 rings (SSSR count). The van der Waals surface area contributed by atoms with Gasteiger partial charge in [-0.1, -0.05) is 0 Å². The van der Waals surface area contributed by atoms with Gasteiger partial charge in [-0.25, -0.2) is 19.6 Å². The van der Waals surface area contributed by atoms with E-state index in [4.69, 9.17) is 0 Å². The first-order chi connectivity index (χ1) is 10.1. The molecule has 0 bridgehead atoms. The summed E-state index contributed by atoms with van der Waals surface area (Å²) < 4.78 is 1.92. The third-order valence-electron chi connectivity index (χ3n) is 3.23. The van der Waals surface area contributed by atoms with Crippen molar-refractivity contribution in [2.45, 2.75) is 33.4 Å². The van der Waals surface area contributed by atoms with Crippen molar-refractivity contribution in [3.8, 4) is 0 Å². The first-order valence-corrected chi connectivity index (χ1v) is 6.99. The highest BCUT2D eigenvalue weighted by Crippen LogP contribution is 2.19. The molecule has 0 saturated carbocycles. The van der Waals surface area contributed by atoms with Gasteiger partial charge in [-0.2, -0.15) is 5.10 Å². The van der Waals surface area contributed by atoms with Crippen molar-refractivity contribution in [2.75, 3.05) is 5.32 Å². The second kappa shape index (κ2) is 5.47. The Morgan fingerprint density at radius 2 is 2.10 bits per heavy atom. The maximum Gasteiger partial charge on any atom is 0.158 e. The summed E-state index contributed by atoms with van der Waals surface area (Å²) in [5.74, 6) is 0.779. The maximum atomic E-state index is 4.50. The Balaban J connectivity index is 1.79. The highest BCUT2D eigenvalue weighted by Gasteiger charge is 2.07. The number of nitrogens with zero attached hydrogens (tertiary/aromatic N) is 5. The predicted molar refractivity (Wildman–Crippen MR) is 82.0 cm³/mol. The molecule has 0 unspecified atom stereocenters. The van der Waals surface area contributed by atoms with Gasteiger partial charge in [0.25, 0.3) is 0 Å². The number of fused-ring (bicyclic) bond motifs is 1. The highest BCUT2D eigenvalue weighted by molar-refractivity contribution is 5.78. The molecule has 0 atom stereocenters. The van der Waals surface area contributed by atoms with E-state index < -0.39 is 0 Å². The van der Waals surface area contributed by atoms with Gasteiger partial charge in [0, 0.05) is 17.6 Å². The van der Waals surface area contributed by atoms with Crippen LogP contribution in [0, 0.1) is 6.92 Å². The molecule has 108 valence electrons. The van der Waals surface area contributed by atoms with Crippen LogP contribution in [0.4, 0.5) is 5.69 Å². The van der Waals surface area contributed by atoms with E-state index in [9.17, 15) is 0 Å². The molecule has 0 aromatic carbocycles. The maximum absolute atomic E-state index is 4.50. The van der Waals surface area contributed by atoms with Crippen molar-refractivity contribution in [1.29, 1.82) is 0 Å². The summed E-state index contributed by atoms with van der Waals surface area (Å²) in [5.41, 5.74) is 2.83. The Morgan fingerprint density at radius 3 is 2.86 bits per heavy atom. The zero-order valence-corrected chi connectivity index (χ0v) is 12.4. The van der Waals surface area contributed by atoms with Crippen LogP contribution >= 0.6 is 0 Å². The van der Waals surface area contributed by atoms with Crippen LogP contribution in [0.5, 0.6) is 0 Å². The molecule has 0 fully saturated rings. The van der Waals surface area contributed by atoms with Crippen LogP contribution in [0.15, 0.2) is 30.7 Å². The fourth-order valence-electron chi connectivity index (χ4n) is 2.21. The molecule has 1 N–H and O–H groups in total. The molecular formula is C15H18N6. The second-order valence-corrected chi connectivity index (χ2v) is 5.27. The van der Waals surface area contributed by atoms with E-state index in [1.807, 2.05) is 30.1 Å². The average molecular weight is 282 g/mol. The molecule has 0 amide bonds. The summed E-state index contributed by atoms with van der Waals surface area (Å²) in [4.78, 5) is 13.0. The van der Waals surface area contributed by atoms with Crippen molar-refractivity contribution in [3.05, 3.63) is 42.2 Å². The molecule has 21 heavy (non-hydrogen) atoms. The monoisotopic (exact) mass is 282 g/mol. The van der Waals surface area contributed by atoms with Crippen LogP contribution < -0.4 is 5.32 Å². The number of rotatable bonds is 4. The molecule has 0 saturated heterocycles. The molecule has 0 aliphatic carbocycles. The number of hydrogen-bond acceptors (Lipinski definition) is 5. The van der Waals surface area contributed by atoms with Crippen molar-refractivity contribution in [2.24, 2.45) is 0 Å². The van der Waals surface area contributed by atoms with Crippen molar-refractivity contribution in [3.63, 3.8) is 0 Å². The molecule has 3 heterocycles. The van der Waals surface area contributed by atoms with E-state index in [0.29, 0.717) is 12.6 Å². The van der Waals surface area contributed by atoms with Gasteiger partial charge >= 0.3 is 0 Å². The van der Waals surface area contributed by atoms with Gasteiger partial charge in [0.1, 0.15) is 5.82 Å². The molecule has 3 aromatic heterocycles. The van der Waals surface area contributed by atoms with Gasteiger partial charge < -0.3 is 5.32 Å². The van der Waals surface area contributed by atoms with Gasteiger partial charge in [-0.05, 0) is 32.9 Å². The Morgan fingerprint density at radius 1 is 1.24 bits per heavy atom. The SMILES string of the molecule is Cc1nccc(CNc2cnc3c(cnn3C(C)C)c2)n1. The Hall–Kier alpha value is -2.50. The summed E-state index contributed by atoms with van der Waals surface area (Å²) in [6.45, 7) is 6.72. The van der Waals surface area contributed by atoms with Crippen LogP contribution in [0.25, 0.3) is 11.0 Å². The van der Waals surface area contributed by atoms with Gasteiger partial charge in [-0.3, -0.25) is 0 Å². The number of hydrogen-bond donors (Lipinski definition) is 1. The second-order valence-electron chi connectivity index (χ2n) is 5.27. The van der Waals surface area contributed by atoms with Crippen LogP contribution in [-0.4, -0.2) is 24.7 Å². The molecular weight excluding hydrogens is 264 g/mol. The topological polar surface area (TPSA) is 68.5 Å². The lowest BCUT2D eigenvalue weighted by atomic mass is 10.3. The minimum atomic E-state index is 0.304. The van der Waals surface area contributed by atoms with Crippen LogP contribution in [-0.2, 0) is 6.54 Å². The van der Waals surface area contributed by atoms with Crippen LogP contribution in [0.1, 0.15) is 31.4 Å². The molecule has 6 nitrogen and oxygen atoms in total. The number of aromatic nitrogens is 5. The molecule has 0 aliphatic heterocycles. The lowest BCUT2D eigenvalue weighted by molar-refractivity contribution is 0.546. The van der Waals surface area contributed by atoms with Crippen molar-refractivity contribution < 1.29 is 0 Å². The summed E-state index contributed by atoms with van der Waals surface area (Å²) >= 11 is 0. The van der Waals surface area contributed by atoms with Crippen LogP contribution in [0.3, 0.4) is 0 Å². The van der Waals surface area contributed by atoms with Crippen LogP contribution in [0.2, 0.25) is 0 Å². The number of pyridine rings is 1. The first kappa shape index (κ1) is 13.5. The smallest absolute Gasteiger partial charge is 0.158 e. The number of anilines is 1. The molecule has 0 aliphatic rings. The standard InChI is InChI=1S/C15H18N6/c1-10(2)21-15-12(7-19-21)6-14(9-18-15)17-8-13-4-5-16-11(3)20-13/h4-7,9-10,17H,8H2,1-3H3. The van der Waals surface area contributed by atoms with E-state index in [-0.39, 0.29) is 0 Å². The quantitative estimate of drug-likeness (QED) is 0.797. The van der Waals surface area contributed by atoms with Crippen molar-refractivity contribution >= 4 is 16.7 Å². The third kappa shape index (κ3) is 2.84. The molecule has 3 aromatic rings. The normalized spacial score (nSPS) is 11.2. The largest absolute Gasteiger partial charge is 0.378 e. The first-order valence-electron chi connectivity index (χ1n) is 6.99. The van der Waals surface area contributed by atoms with Gasteiger partial charge in [-0.15, -0.1) is 0 Å². The number of aryl methyl sites for hydroxylation is 1. The Labute approximate surface area is 123 Å². The third-order valence-corrected chi connectivity index (χ3v) is 3.23. The minimum Gasteiger partial charge on any atom is -0.378 e.